The van der Waals surface area contributed by atoms with Gasteiger partial charge in [-0.3, -0.25) is 0 Å². The van der Waals surface area contributed by atoms with Crippen LogP contribution in [0.15, 0.2) is 40.9 Å². The second-order valence-corrected chi connectivity index (χ2v) is 8.41. The van der Waals surface area contributed by atoms with Crippen molar-refractivity contribution in [3.05, 3.63) is 53.1 Å². The smallest absolute Gasteiger partial charge is 0.258 e. The van der Waals surface area contributed by atoms with Crippen molar-refractivity contribution in [2.45, 2.75) is 25.0 Å². The molecule has 0 saturated heterocycles. The van der Waals surface area contributed by atoms with E-state index in [9.17, 15) is 19.1 Å². The number of ether oxygens (including phenoxy) is 1. The molecule has 35 heavy (non-hydrogen) atoms. The zero-order valence-corrected chi connectivity index (χ0v) is 19.0. The molecule has 0 bridgehead atoms. The summed E-state index contributed by atoms with van der Waals surface area (Å²) < 4.78 is 36.2. The summed E-state index contributed by atoms with van der Waals surface area (Å²) in [6, 6.07) is 12.5. The van der Waals surface area contributed by atoms with Gasteiger partial charge in [0.1, 0.15) is 25.2 Å². The van der Waals surface area contributed by atoms with Crippen LogP contribution in [-0.2, 0) is 12.8 Å². The molecule has 10 heteroatoms. The van der Waals surface area contributed by atoms with Crippen molar-refractivity contribution < 1.29 is 28.3 Å². The van der Waals surface area contributed by atoms with Crippen LogP contribution in [0.25, 0.3) is 22.8 Å². The number of halogens is 2. The Morgan fingerprint density at radius 2 is 1.83 bits per heavy atom. The van der Waals surface area contributed by atoms with Crippen LogP contribution < -0.4 is 4.74 Å². The summed E-state index contributed by atoms with van der Waals surface area (Å²) in [5.41, 5.74) is 3.76. The van der Waals surface area contributed by atoms with Crippen LogP contribution in [0.1, 0.15) is 16.7 Å². The summed E-state index contributed by atoms with van der Waals surface area (Å²) in [6.45, 7) is -0.257. The number of β-amino-alcohol motifs (C(OH)–C–C–N with tert-alkyl or cyclic N) is 1. The Kier molecular flexibility index (Phi) is 8.02. The van der Waals surface area contributed by atoms with Crippen molar-refractivity contribution in [3.8, 4) is 34.7 Å². The summed E-state index contributed by atoms with van der Waals surface area (Å²) >= 11 is 0. The maximum atomic E-state index is 12.8. The van der Waals surface area contributed by atoms with Crippen molar-refractivity contribution in [3.63, 3.8) is 0 Å². The lowest BCUT2D eigenvalue weighted by Gasteiger charge is -2.21. The Morgan fingerprint density at radius 1 is 1.09 bits per heavy atom. The van der Waals surface area contributed by atoms with Crippen LogP contribution in [0.4, 0.5) is 8.78 Å². The van der Waals surface area contributed by atoms with Crippen LogP contribution >= 0.6 is 0 Å². The first-order valence-corrected chi connectivity index (χ1v) is 11.3. The van der Waals surface area contributed by atoms with Gasteiger partial charge in [0.05, 0.1) is 18.3 Å². The molecule has 8 nitrogen and oxygen atoms in total. The maximum absolute atomic E-state index is 12.8. The topological polar surface area (TPSA) is 116 Å². The number of aromatic nitrogens is 2. The fourth-order valence-corrected chi connectivity index (χ4v) is 4.04. The van der Waals surface area contributed by atoms with E-state index < -0.39 is 25.6 Å². The predicted octanol–water partition coefficient (Wildman–Crippen LogP) is 2.72. The van der Waals surface area contributed by atoms with Gasteiger partial charge in [-0.2, -0.15) is 10.2 Å². The highest BCUT2D eigenvalue weighted by Gasteiger charge is 2.19. The van der Waals surface area contributed by atoms with Crippen molar-refractivity contribution >= 4 is 0 Å². The minimum Gasteiger partial charge on any atom is -0.484 e. The average molecular weight is 485 g/mol. The Labute approximate surface area is 201 Å². The minimum absolute atomic E-state index is 0.0857. The summed E-state index contributed by atoms with van der Waals surface area (Å²) in [7, 11) is 0. The molecule has 1 unspecified atom stereocenters. The summed E-state index contributed by atoms with van der Waals surface area (Å²) in [5.74, 6) is 0.686. The lowest BCUT2D eigenvalue weighted by atomic mass is 10.00. The van der Waals surface area contributed by atoms with E-state index in [2.05, 4.69) is 15.0 Å². The van der Waals surface area contributed by atoms with Gasteiger partial charge in [-0.05, 0) is 48.2 Å². The molecular formula is C25H26F2N4O4. The standard InChI is InChI=1S/C25H26F2N4O4/c26-11-22(12-27)34-23-4-3-19(10-20(23)13-28)25-29-24(30-35-25)18-2-1-16-5-7-31(14-21(33)15-32)8-6-17(16)9-18/h1-4,9-10,21-22,32-33H,5-8,11-12,14-15H2. The van der Waals surface area contributed by atoms with Gasteiger partial charge in [0.25, 0.3) is 5.89 Å². The van der Waals surface area contributed by atoms with Crippen molar-refractivity contribution in [1.82, 2.24) is 15.0 Å². The van der Waals surface area contributed by atoms with Crippen LogP contribution in [0.5, 0.6) is 5.75 Å². The lowest BCUT2D eigenvalue weighted by molar-refractivity contribution is 0.0605. The highest BCUT2D eigenvalue weighted by molar-refractivity contribution is 5.64. The van der Waals surface area contributed by atoms with Crippen molar-refractivity contribution in [1.29, 1.82) is 5.26 Å². The fraction of sp³-hybridized carbons (Fsp3) is 0.400. The summed E-state index contributed by atoms with van der Waals surface area (Å²) in [4.78, 5) is 6.60. The molecule has 0 spiro atoms. The number of rotatable bonds is 9. The third kappa shape index (κ3) is 5.82. The summed E-state index contributed by atoms with van der Waals surface area (Å²) in [5, 5.41) is 32.4. The van der Waals surface area contributed by atoms with E-state index >= 15 is 0 Å². The number of aliphatic hydroxyl groups excluding tert-OH is 2. The number of hydrogen-bond acceptors (Lipinski definition) is 8. The summed E-state index contributed by atoms with van der Waals surface area (Å²) in [6.07, 6.45) is -0.386. The molecule has 1 aliphatic rings. The van der Waals surface area contributed by atoms with Gasteiger partial charge in [0.2, 0.25) is 5.82 Å². The number of hydrogen-bond donors (Lipinski definition) is 2. The molecule has 3 aromatic rings. The van der Waals surface area contributed by atoms with Gasteiger partial charge in [-0.15, -0.1) is 0 Å². The fourth-order valence-electron chi connectivity index (χ4n) is 4.04. The van der Waals surface area contributed by atoms with Gasteiger partial charge in [-0.25, -0.2) is 8.78 Å². The highest BCUT2D eigenvalue weighted by Crippen LogP contribution is 2.29. The van der Waals surface area contributed by atoms with Gasteiger partial charge in [0, 0.05) is 30.8 Å². The zero-order chi connectivity index (χ0) is 24.8. The molecular weight excluding hydrogens is 458 g/mol. The van der Waals surface area contributed by atoms with Crippen LogP contribution in [0.2, 0.25) is 0 Å². The normalized spacial score (nSPS) is 14.9. The van der Waals surface area contributed by atoms with E-state index in [0.717, 1.165) is 31.5 Å². The number of nitriles is 1. The minimum atomic E-state index is -1.26. The van der Waals surface area contributed by atoms with Crippen molar-refractivity contribution in [2.75, 3.05) is 39.6 Å². The van der Waals surface area contributed by atoms with E-state index in [1.165, 1.54) is 23.3 Å². The van der Waals surface area contributed by atoms with E-state index in [1.54, 1.807) is 6.07 Å². The quantitative estimate of drug-likeness (QED) is 0.476. The number of alkyl halides is 2. The molecule has 0 aliphatic carbocycles. The molecule has 0 saturated carbocycles. The third-order valence-electron chi connectivity index (χ3n) is 5.95. The van der Waals surface area contributed by atoms with Crippen LogP contribution in [-0.4, -0.2) is 77.1 Å². The molecule has 4 rings (SSSR count). The van der Waals surface area contributed by atoms with Crippen molar-refractivity contribution in [2.24, 2.45) is 0 Å². The van der Waals surface area contributed by atoms with Crippen LogP contribution in [0.3, 0.4) is 0 Å². The molecule has 184 valence electrons. The molecule has 0 amide bonds. The first kappa shape index (κ1) is 24.7. The number of fused-ring (bicyclic) bond motifs is 1. The SMILES string of the molecule is N#Cc1cc(-c2nc(-c3ccc4c(c3)CCN(CC(O)CO)CC4)no2)ccc1OC(CF)CF. The van der Waals surface area contributed by atoms with Crippen LogP contribution in [0, 0.1) is 11.3 Å². The Morgan fingerprint density at radius 3 is 2.54 bits per heavy atom. The molecule has 1 atom stereocenters. The second kappa shape index (κ2) is 11.4. The Hall–Kier alpha value is -3.39. The molecule has 2 heterocycles. The molecule has 0 radical (unpaired) electrons. The van der Waals surface area contributed by atoms with Gasteiger partial charge in [-0.1, -0.05) is 17.3 Å². The lowest BCUT2D eigenvalue weighted by Crippen LogP contribution is -2.35. The zero-order valence-electron chi connectivity index (χ0n) is 19.0. The predicted molar refractivity (Wildman–Crippen MR) is 123 cm³/mol. The molecule has 1 aliphatic heterocycles. The van der Waals surface area contributed by atoms with Gasteiger partial charge < -0.3 is 24.4 Å². The number of nitrogens with zero attached hydrogens (tertiary/aromatic N) is 4. The van der Waals surface area contributed by atoms with E-state index in [0.29, 0.717) is 17.9 Å². The number of aliphatic hydroxyl groups is 2. The number of benzene rings is 2. The second-order valence-electron chi connectivity index (χ2n) is 8.41. The van der Waals surface area contributed by atoms with E-state index in [1.807, 2.05) is 24.3 Å². The highest BCUT2D eigenvalue weighted by atomic mass is 19.1. The third-order valence-corrected chi connectivity index (χ3v) is 5.95. The molecule has 0 fully saturated rings. The van der Waals surface area contributed by atoms with Gasteiger partial charge in [0.15, 0.2) is 6.10 Å². The molecule has 2 aromatic carbocycles. The maximum Gasteiger partial charge on any atom is 0.258 e. The Bertz CT molecular complexity index is 1190. The molecule has 2 N–H and O–H groups in total. The van der Waals surface area contributed by atoms with Gasteiger partial charge >= 0.3 is 0 Å². The average Bonchev–Trinajstić information content (AvgIpc) is 3.30. The molecule has 1 aromatic heterocycles. The van der Waals surface area contributed by atoms with E-state index in [-0.39, 0.29) is 23.8 Å². The van der Waals surface area contributed by atoms with E-state index in [4.69, 9.17) is 14.4 Å². The first-order chi connectivity index (χ1) is 17.0. The monoisotopic (exact) mass is 484 g/mol. The Balaban J connectivity index is 1.51. The first-order valence-electron chi connectivity index (χ1n) is 11.3. The largest absolute Gasteiger partial charge is 0.484 e.